The Kier molecular flexibility index (Phi) is 7.20. The molecular formula is C9H12NO4P. The Morgan fingerprint density at radius 2 is 2.07 bits per heavy atom. The van der Waals surface area contributed by atoms with Gasteiger partial charge in [-0.2, -0.15) is 0 Å². The van der Waals surface area contributed by atoms with Crippen molar-refractivity contribution in [1.82, 2.24) is 0 Å². The average Bonchev–Trinajstić information content (AvgIpc) is 2.20. The van der Waals surface area contributed by atoms with Gasteiger partial charge in [-0.1, -0.05) is 12.1 Å². The second kappa shape index (κ2) is 7.94. The smallest absolute Gasteiger partial charge is 0.231 e. The molecule has 82 valence electrons. The van der Waals surface area contributed by atoms with Crippen molar-refractivity contribution in [3.05, 3.63) is 24.3 Å². The monoisotopic (exact) mass is 229 g/mol. The van der Waals surface area contributed by atoms with Gasteiger partial charge < -0.3 is 9.63 Å². The lowest BCUT2D eigenvalue weighted by atomic mass is 10.3. The van der Waals surface area contributed by atoms with Crippen molar-refractivity contribution < 1.29 is 19.0 Å². The number of carbonyl (C=O) groups excluding carboxylic acids is 1. The van der Waals surface area contributed by atoms with E-state index in [4.69, 9.17) is 19.8 Å². The lowest BCUT2D eigenvalue weighted by Gasteiger charge is -2.06. The van der Waals surface area contributed by atoms with Crippen molar-refractivity contribution in [2.24, 2.45) is 0 Å². The summed E-state index contributed by atoms with van der Waals surface area (Å²) in [6, 6.07) is 6.79. The largest absolute Gasteiger partial charge is 0.493 e. The van der Waals surface area contributed by atoms with Crippen molar-refractivity contribution in [1.29, 1.82) is 5.41 Å². The van der Waals surface area contributed by atoms with Gasteiger partial charge in [-0.05, 0) is 19.1 Å². The summed E-state index contributed by atoms with van der Waals surface area (Å²) in [5, 5.41) is 5.80. The highest BCUT2D eigenvalue weighted by atomic mass is 31.1. The molecule has 0 bridgehead atoms. The predicted molar refractivity (Wildman–Crippen MR) is 56.9 cm³/mol. The van der Waals surface area contributed by atoms with Crippen LogP contribution in [0.5, 0.6) is 5.75 Å². The quantitative estimate of drug-likeness (QED) is 0.461. The minimum atomic E-state index is -2.64. The summed E-state index contributed by atoms with van der Waals surface area (Å²) in [7, 11) is -2.64. The summed E-state index contributed by atoms with van der Waals surface area (Å²) >= 11 is 0. The molecule has 6 heteroatoms. The van der Waals surface area contributed by atoms with E-state index in [1.807, 2.05) is 6.92 Å². The summed E-state index contributed by atoms with van der Waals surface area (Å²) in [4.78, 5) is 17.2. The molecule has 1 rings (SSSR count). The van der Waals surface area contributed by atoms with Crippen LogP contribution in [-0.4, -0.2) is 17.6 Å². The van der Waals surface area contributed by atoms with Crippen LogP contribution in [0.1, 0.15) is 6.92 Å². The summed E-state index contributed by atoms with van der Waals surface area (Å²) < 4.78 is 16.0. The van der Waals surface area contributed by atoms with Crippen LogP contribution in [0.15, 0.2) is 24.3 Å². The number of hydrogen-bond acceptors (Lipinski definition) is 4. The van der Waals surface area contributed by atoms with Gasteiger partial charge in [0.15, 0.2) is 0 Å². The number of ether oxygens (including phenoxy) is 1. The Bertz CT molecular complexity index is 361. The van der Waals surface area contributed by atoms with Gasteiger partial charge in [0, 0.05) is 0 Å². The molecule has 0 aliphatic heterocycles. The fourth-order valence-electron chi connectivity index (χ4n) is 0.925. The molecule has 2 N–H and O–H groups in total. The van der Waals surface area contributed by atoms with E-state index >= 15 is 0 Å². The molecule has 0 amide bonds. The fourth-order valence-corrected chi connectivity index (χ4v) is 1.53. The lowest BCUT2D eigenvalue weighted by molar-refractivity contribution is 0.342. The average molecular weight is 229 g/mol. The molecule has 1 aromatic rings. The number of rotatable bonds is 3. The molecular weight excluding hydrogens is 217 g/mol. The Balaban J connectivity index is 0.000000583. The Hall–Kier alpha value is -1.41. The fraction of sp³-hybridized carbons (Fsp3) is 0.222. The summed E-state index contributed by atoms with van der Waals surface area (Å²) in [5.41, 5.74) is 0. The topological polar surface area (TPSA) is 87.4 Å². The van der Waals surface area contributed by atoms with Crippen LogP contribution in [-0.2, 0) is 9.36 Å². The first kappa shape index (κ1) is 13.6. The van der Waals surface area contributed by atoms with Gasteiger partial charge in [-0.25, -0.2) is 10.2 Å². The van der Waals surface area contributed by atoms with Gasteiger partial charge in [0.2, 0.25) is 14.1 Å². The highest BCUT2D eigenvalue weighted by molar-refractivity contribution is 7.47. The van der Waals surface area contributed by atoms with Gasteiger partial charge in [0.25, 0.3) is 0 Å². The molecule has 0 aromatic heterocycles. The molecule has 15 heavy (non-hydrogen) atoms. The van der Waals surface area contributed by atoms with Gasteiger partial charge in [-0.15, -0.1) is 0 Å². The molecule has 0 saturated carbocycles. The molecule has 0 aliphatic rings. The molecule has 1 atom stereocenters. The molecule has 0 spiro atoms. The molecule has 5 nitrogen and oxygen atoms in total. The standard InChI is InChI=1S/C8H11O3P.CHNO/c1-2-11-7-5-3-4-6-8(7)12(9)10;2-1-3/h3-6,12H,2H2,1H3,(H,9,10);2H. The number of hydrogen-bond donors (Lipinski definition) is 2. The zero-order valence-electron chi connectivity index (χ0n) is 8.19. The van der Waals surface area contributed by atoms with Gasteiger partial charge in [-0.3, -0.25) is 4.57 Å². The number of isocyanates is 1. The van der Waals surface area contributed by atoms with E-state index in [1.165, 1.54) is 0 Å². The maximum Gasteiger partial charge on any atom is 0.231 e. The van der Waals surface area contributed by atoms with Crippen LogP contribution >= 0.6 is 8.03 Å². The Labute approximate surface area is 88.1 Å². The second-order valence-corrected chi connectivity index (χ2v) is 3.49. The normalized spacial score (nSPS) is 10.5. The third kappa shape index (κ3) is 5.13. The van der Waals surface area contributed by atoms with Gasteiger partial charge in [0.05, 0.1) is 11.9 Å². The predicted octanol–water partition coefficient (Wildman–Crippen LogP) is 1.08. The van der Waals surface area contributed by atoms with Crippen molar-refractivity contribution in [3.8, 4) is 5.75 Å². The third-order valence-electron chi connectivity index (χ3n) is 1.42. The van der Waals surface area contributed by atoms with E-state index in [1.54, 1.807) is 24.3 Å². The van der Waals surface area contributed by atoms with Crippen molar-refractivity contribution in [3.63, 3.8) is 0 Å². The lowest BCUT2D eigenvalue weighted by Crippen LogP contribution is -2.04. The first-order chi connectivity index (χ1) is 7.17. The highest BCUT2D eigenvalue weighted by Gasteiger charge is 2.05. The van der Waals surface area contributed by atoms with E-state index in [-0.39, 0.29) is 0 Å². The van der Waals surface area contributed by atoms with Crippen LogP contribution < -0.4 is 10.0 Å². The zero-order chi connectivity index (χ0) is 11.7. The van der Waals surface area contributed by atoms with Crippen molar-refractivity contribution in [2.45, 2.75) is 6.92 Å². The first-order valence-corrected chi connectivity index (χ1v) is 5.51. The van der Waals surface area contributed by atoms with E-state index in [0.717, 1.165) is 6.08 Å². The molecule has 0 aliphatic carbocycles. The molecule has 0 heterocycles. The molecule has 0 saturated heterocycles. The Morgan fingerprint density at radius 1 is 1.53 bits per heavy atom. The van der Waals surface area contributed by atoms with Crippen LogP contribution in [0, 0.1) is 5.41 Å². The van der Waals surface area contributed by atoms with Gasteiger partial charge in [0.1, 0.15) is 5.75 Å². The van der Waals surface area contributed by atoms with E-state index in [2.05, 4.69) is 0 Å². The summed E-state index contributed by atoms with van der Waals surface area (Å²) in [6.45, 7) is 2.34. The van der Waals surface area contributed by atoms with E-state index < -0.39 is 8.03 Å². The first-order valence-electron chi connectivity index (χ1n) is 4.16. The second-order valence-electron chi connectivity index (χ2n) is 2.34. The maximum absolute atomic E-state index is 10.8. The number of nitrogens with one attached hydrogen (secondary N) is 1. The number of para-hydroxylation sites is 1. The van der Waals surface area contributed by atoms with Crippen LogP contribution in [0.25, 0.3) is 0 Å². The molecule has 0 radical (unpaired) electrons. The van der Waals surface area contributed by atoms with Crippen molar-refractivity contribution in [2.75, 3.05) is 6.61 Å². The van der Waals surface area contributed by atoms with E-state index in [9.17, 15) is 4.57 Å². The van der Waals surface area contributed by atoms with Crippen LogP contribution in [0.4, 0.5) is 0 Å². The van der Waals surface area contributed by atoms with Crippen molar-refractivity contribution >= 4 is 19.4 Å². The molecule has 1 unspecified atom stereocenters. The summed E-state index contributed by atoms with van der Waals surface area (Å²) in [6.07, 6.45) is 0.750. The van der Waals surface area contributed by atoms with Gasteiger partial charge >= 0.3 is 0 Å². The third-order valence-corrected chi connectivity index (χ3v) is 2.29. The Morgan fingerprint density at radius 3 is 2.53 bits per heavy atom. The van der Waals surface area contributed by atoms with Crippen LogP contribution in [0.2, 0.25) is 0 Å². The number of benzene rings is 1. The van der Waals surface area contributed by atoms with E-state index in [0.29, 0.717) is 17.7 Å². The minimum absolute atomic E-state index is 0.393. The minimum Gasteiger partial charge on any atom is -0.493 e. The highest BCUT2D eigenvalue weighted by Crippen LogP contribution is 2.20. The van der Waals surface area contributed by atoms with Crippen LogP contribution in [0.3, 0.4) is 0 Å². The molecule has 1 aromatic carbocycles. The SMILES string of the molecule is CCOc1ccccc1[PH](=O)O.N=C=O. The molecule has 0 fully saturated rings. The maximum atomic E-state index is 10.8. The summed E-state index contributed by atoms with van der Waals surface area (Å²) in [5.74, 6) is 0.506. The zero-order valence-corrected chi connectivity index (χ0v) is 9.19.